The van der Waals surface area contributed by atoms with E-state index < -0.39 is 17.7 Å². The monoisotopic (exact) mass is 389 g/mol. The fraction of sp³-hybridized carbons (Fsp3) is 0.208. The Morgan fingerprint density at radius 2 is 1.45 bits per heavy atom. The molecule has 5 heteroatoms. The van der Waals surface area contributed by atoms with E-state index in [1.54, 1.807) is 19.1 Å². The highest BCUT2D eigenvalue weighted by Gasteiger charge is 2.40. The summed E-state index contributed by atoms with van der Waals surface area (Å²) in [4.78, 5) is 12.9. The lowest BCUT2D eigenvalue weighted by atomic mass is 9.80. The standard InChI is InChI=1S/C24H23NO4/c1-17(25-23(26)22-16-28-20-14-8-9-15-21(20)29-22)24(27,18-10-4-2-5-11-18)19-12-6-3-7-13-19/h2-15,17,22,27H,16H2,1H3,(H,25,26)/t17-,22?/m0/s1. The van der Waals surface area contributed by atoms with Crippen LogP contribution in [0.2, 0.25) is 0 Å². The third kappa shape index (κ3) is 3.69. The van der Waals surface area contributed by atoms with Crippen molar-refractivity contribution in [3.63, 3.8) is 0 Å². The van der Waals surface area contributed by atoms with Crippen LogP contribution >= 0.6 is 0 Å². The summed E-state index contributed by atoms with van der Waals surface area (Å²) in [6.45, 7) is 1.90. The Kier molecular flexibility index (Phi) is 5.23. The van der Waals surface area contributed by atoms with Gasteiger partial charge in [0.25, 0.3) is 5.91 Å². The third-order valence-corrected chi connectivity index (χ3v) is 5.21. The summed E-state index contributed by atoms with van der Waals surface area (Å²) in [5, 5.41) is 14.7. The van der Waals surface area contributed by atoms with E-state index >= 15 is 0 Å². The molecule has 1 aliphatic heterocycles. The molecule has 1 amide bonds. The molecule has 3 aromatic carbocycles. The SMILES string of the molecule is C[C@H](NC(=O)C1COc2ccccc2O1)C(O)(c1ccccc1)c1ccccc1. The van der Waals surface area contributed by atoms with E-state index in [9.17, 15) is 9.90 Å². The highest BCUT2D eigenvalue weighted by atomic mass is 16.6. The third-order valence-electron chi connectivity index (χ3n) is 5.21. The van der Waals surface area contributed by atoms with Gasteiger partial charge in [-0.1, -0.05) is 72.8 Å². The molecule has 0 aromatic heterocycles. The van der Waals surface area contributed by atoms with E-state index in [-0.39, 0.29) is 12.5 Å². The Balaban J connectivity index is 1.58. The first-order chi connectivity index (χ1) is 14.1. The van der Waals surface area contributed by atoms with Crippen LogP contribution in [-0.4, -0.2) is 29.8 Å². The van der Waals surface area contributed by atoms with Crippen molar-refractivity contribution >= 4 is 5.91 Å². The van der Waals surface area contributed by atoms with Crippen LogP contribution in [0.4, 0.5) is 0 Å². The molecule has 0 bridgehead atoms. The Hall–Kier alpha value is -3.31. The van der Waals surface area contributed by atoms with Crippen LogP contribution in [-0.2, 0) is 10.4 Å². The molecule has 2 atom stereocenters. The smallest absolute Gasteiger partial charge is 0.265 e. The van der Waals surface area contributed by atoms with Crippen molar-refractivity contribution in [2.45, 2.75) is 24.7 Å². The van der Waals surface area contributed by atoms with E-state index in [4.69, 9.17) is 9.47 Å². The first-order valence-corrected chi connectivity index (χ1v) is 9.61. The number of hydrogen-bond donors (Lipinski definition) is 2. The molecule has 0 spiro atoms. The second-order valence-corrected chi connectivity index (χ2v) is 7.09. The lowest BCUT2D eigenvalue weighted by molar-refractivity contribution is -0.132. The fourth-order valence-corrected chi connectivity index (χ4v) is 3.61. The van der Waals surface area contributed by atoms with Gasteiger partial charge in [-0.2, -0.15) is 0 Å². The van der Waals surface area contributed by atoms with Crippen LogP contribution in [0.5, 0.6) is 11.5 Å². The maximum atomic E-state index is 12.9. The number of nitrogens with one attached hydrogen (secondary N) is 1. The van der Waals surface area contributed by atoms with E-state index in [2.05, 4.69) is 5.32 Å². The van der Waals surface area contributed by atoms with Gasteiger partial charge in [0.05, 0.1) is 6.04 Å². The number of fused-ring (bicyclic) bond motifs is 1. The zero-order chi connectivity index (χ0) is 20.3. The molecule has 1 heterocycles. The van der Waals surface area contributed by atoms with Crippen LogP contribution in [0.3, 0.4) is 0 Å². The first kappa shape index (κ1) is 19.0. The normalized spacial score (nSPS) is 16.7. The van der Waals surface area contributed by atoms with Gasteiger partial charge in [-0.15, -0.1) is 0 Å². The minimum atomic E-state index is -1.40. The number of carbonyl (C=O) groups excluding carboxylic acids is 1. The van der Waals surface area contributed by atoms with Crippen LogP contribution in [0.15, 0.2) is 84.9 Å². The number of ether oxygens (including phenoxy) is 2. The molecule has 3 aromatic rings. The van der Waals surface area contributed by atoms with Crippen molar-refractivity contribution in [3.8, 4) is 11.5 Å². The van der Waals surface area contributed by atoms with Crippen LogP contribution in [0, 0.1) is 0 Å². The number of aliphatic hydroxyl groups is 1. The molecule has 148 valence electrons. The molecular weight excluding hydrogens is 366 g/mol. The minimum absolute atomic E-state index is 0.116. The van der Waals surface area contributed by atoms with Crippen molar-refractivity contribution in [2.75, 3.05) is 6.61 Å². The molecule has 0 aliphatic carbocycles. The van der Waals surface area contributed by atoms with Gasteiger partial charge < -0.3 is 19.9 Å². The van der Waals surface area contributed by atoms with Gasteiger partial charge >= 0.3 is 0 Å². The predicted molar refractivity (Wildman–Crippen MR) is 110 cm³/mol. The Bertz CT molecular complexity index is 935. The molecule has 0 radical (unpaired) electrons. The van der Waals surface area contributed by atoms with Gasteiger partial charge in [0, 0.05) is 0 Å². The number of carbonyl (C=O) groups is 1. The number of hydrogen-bond acceptors (Lipinski definition) is 4. The van der Waals surface area contributed by atoms with Gasteiger partial charge in [0.15, 0.2) is 11.5 Å². The molecule has 0 saturated heterocycles. The summed E-state index contributed by atoms with van der Waals surface area (Å²) in [5.74, 6) is 0.819. The molecule has 0 saturated carbocycles. The highest BCUT2D eigenvalue weighted by Crippen LogP contribution is 2.34. The molecule has 4 rings (SSSR count). The quantitative estimate of drug-likeness (QED) is 0.703. The Morgan fingerprint density at radius 3 is 2.03 bits per heavy atom. The van der Waals surface area contributed by atoms with Crippen LogP contribution in [0.25, 0.3) is 0 Å². The van der Waals surface area contributed by atoms with Gasteiger partial charge in [-0.25, -0.2) is 0 Å². The van der Waals surface area contributed by atoms with E-state index in [1.807, 2.05) is 72.8 Å². The lowest BCUT2D eigenvalue weighted by Gasteiger charge is -2.36. The molecule has 0 fully saturated rings. The summed E-state index contributed by atoms with van der Waals surface area (Å²) in [5.41, 5.74) is 0.00123. The molecule has 2 N–H and O–H groups in total. The van der Waals surface area contributed by atoms with E-state index in [0.29, 0.717) is 22.6 Å². The molecule has 5 nitrogen and oxygen atoms in total. The predicted octanol–water partition coefficient (Wildman–Crippen LogP) is 3.27. The van der Waals surface area contributed by atoms with E-state index in [1.165, 1.54) is 0 Å². The summed E-state index contributed by atoms with van der Waals surface area (Å²) in [6.07, 6.45) is -0.789. The highest BCUT2D eigenvalue weighted by molar-refractivity contribution is 5.82. The number of benzene rings is 3. The molecular formula is C24H23NO4. The average molecular weight is 389 g/mol. The second kappa shape index (κ2) is 7.97. The topological polar surface area (TPSA) is 67.8 Å². The van der Waals surface area contributed by atoms with Crippen molar-refractivity contribution in [2.24, 2.45) is 0 Å². The summed E-state index contributed by atoms with van der Waals surface area (Å²) in [6, 6.07) is 25.3. The van der Waals surface area contributed by atoms with Crippen molar-refractivity contribution < 1.29 is 19.4 Å². The van der Waals surface area contributed by atoms with Gasteiger partial charge in [0.1, 0.15) is 12.2 Å². The minimum Gasteiger partial charge on any atom is -0.485 e. The van der Waals surface area contributed by atoms with Gasteiger partial charge in [-0.05, 0) is 30.2 Å². The van der Waals surface area contributed by atoms with E-state index in [0.717, 1.165) is 0 Å². The second-order valence-electron chi connectivity index (χ2n) is 7.09. The largest absolute Gasteiger partial charge is 0.485 e. The van der Waals surface area contributed by atoms with Crippen molar-refractivity contribution in [1.29, 1.82) is 0 Å². The summed E-state index contributed by atoms with van der Waals surface area (Å²) < 4.78 is 11.4. The van der Waals surface area contributed by atoms with Gasteiger partial charge in [0.2, 0.25) is 6.10 Å². The maximum Gasteiger partial charge on any atom is 0.265 e. The summed E-state index contributed by atoms with van der Waals surface area (Å²) >= 11 is 0. The number of amides is 1. The molecule has 1 unspecified atom stereocenters. The first-order valence-electron chi connectivity index (χ1n) is 9.61. The van der Waals surface area contributed by atoms with Crippen molar-refractivity contribution in [3.05, 3.63) is 96.1 Å². The molecule has 1 aliphatic rings. The van der Waals surface area contributed by atoms with Crippen LogP contribution < -0.4 is 14.8 Å². The zero-order valence-electron chi connectivity index (χ0n) is 16.1. The fourth-order valence-electron chi connectivity index (χ4n) is 3.61. The number of rotatable bonds is 5. The maximum absolute atomic E-state index is 12.9. The van der Waals surface area contributed by atoms with Crippen LogP contribution in [0.1, 0.15) is 18.1 Å². The molecule has 29 heavy (non-hydrogen) atoms. The zero-order valence-corrected chi connectivity index (χ0v) is 16.1. The summed E-state index contributed by atoms with van der Waals surface area (Å²) in [7, 11) is 0. The number of para-hydroxylation sites is 2. The Labute approximate surface area is 169 Å². The van der Waals surface area contributed by atoms with Crippen molar-refractivity contribution in [1.82, 2.24) is 5.32 Å². The van der Waals surface area contributed by atoms with Gasteiger partial charge in [-0.3, -0.25) is 4.79 Å². The Morgan fingerprint density at radius 1 is 0.931 bits per heavy atom. The lowest BCUT2D eigenvalue weighted by Crippen LogP contribution is -2.54. The average Bonchev–Trinajstić information content (AvgIpc) is 2.79.